The first kappa shape index (κ1) is 12.0. The van der Waals surface area contributed by atoms with E-state index in [1.807, 2.05) is 46.9 Å². The van der Waals surface area contributed by atoms with E-state index >= 15 is 0 Å². The van der Waals surface area contributed by atoms with Crippen LogP contribution < -0.4 is 10.5 Å². The van der Waals surface area contributed by atoms with Gasteiger partial charge in [0.1, 0.15) is 16.2 Å². The number of fused-ring (bicyclic) bond motifs is 1. The number of aromatic nitrogens is 2. The molecule has 3 aromatic rings. The van der Waals surface area contributed by atoms with E-state index in [1.54, 1.807) is 7.11 Å². The van der Waals surface area contributed by atoms with Crippen molar-refractivity contribution in [2.45, 2.75) is 0 Å². The van der Waals surface area contributed by atoms with Gasteiger partial charge in [-0.15, -0.1) is 0 Å². The number of nitrogens with zero attached hydrogens (tertiary/aromatic N) is 2. The van der Waals surface area contributed by atoms with Crippen molar-refractivity contribution in [3.63, 3.8) is 0 Å². The molecule has 0 aliphatic heterocycles. The smallest absolute Gasteiger partial charge is 0.151 e. The van der Waals surface area contributed by atoms with Gasteiger partial charge in [-0.05, 0) is 40.2 Å². The zero-order valence-corrected chi connectivity index (χ0v) is 11.9. The Morgan fingerprint density at radius 3 is 2.74 bits per heavy atom. The van der Waals surface area contributed by atoms with Gasteiger partial charge in [-0.1, -0.05) is 18.2 Å². The SMILES string of the molecule is COc1ccccc1-c1nc(Br)c2cccc(N)n12. The lowest BCUT2D eigenvalue weighted by molar-refractivity contribution is 0.416. The highest BCUT2D eigenvalue weighted by Crippen LogP contribution is 2.33. The van der Waals surface area contributed by atoms with Crippen LogP contribution in [0.25, 0.3) is 16.9 Å². The van der Waals surface area contributed by atoms with Gasteiger partial charge in [0.2, 0.25) is 0 Å². The zero-order valence-electron chi connectivity index (χ0n) is 10.3. The number of pyridine rings is 1. The van der Waals surface area contributed by atoms with Crippen molar-refractivity contribution < 1.29 is 4.74 Å². The Labute approximate surface area is 119 Å². The van der Waals surface area contributed by atoms with Crippen molar-refractivity contribution in [3.05, 3.63) is 47.1 Å². The molecular weight excluding hydrogens is 306 g/mol. The van der Waals surface area contributed by atoms with Gasteiger partial charge in [-0.2, -0.15) is 0 Å². The Kier molecular flexibility index (Phi) is 2.91. The summed E-state index contributed by atoms with van der Waals surface area (Å²) < 4.78 is 8.06. The van der Waals surface area contributed by atoms with Crippen molar-refractivity contribution in [3.8, 4) is 17.1 Å². The lowest BCUT2D eigenvalue weighted by Crippen LogP contribution is -1.99. The van der Waals surface area contributed by atoms with Crippen molar-refractivity contribution >= 4 is 27.3 Å². The number of para-hydroxylation sites is 1. The van der Waals surface area contributed by atoms with Crippen LogP contribution >= 0.6 is 15.9 Å². The average Bonchev–Trinajstić information content (AvgIpc) is 2.78. The minimum atomic E-state index is 0.636. The fourth-order valence-corrected chi connectivity index (χ4v) is 2.61. The molecule has 2 aromatic heterocycles. The number of ether oxygens (including phenoxy) is 1. The molecule has 2 heterocycles. The monoisotopic (exact) mass is 317 g/mol. The van der Waals surface area contributed by atoms with Gasteiger partial charge >= 0.3 is 0 Å². The first-order chi connectivity index (χ1) is 9.22. The fraction of sp³-hybridized carbons (Fsp3) is 0.0714. The standard InChI is InChI=1S/C14H12BrN3O/c1-19-11-7-3-2-5-9(11)14-17-13(15)10-6-4-8-12(16)18(10)14/h2-8H,16H2,1H3. The van der Waals surface area contributed by atoms with Crippen LogP contribution in [0.3, 0.4) is 0 Å². The van der Waals surface area contributed by atoms with Crippen LogP contribution in [0.5, 0.6) is 5.75 Å². The maximum absolute atomic E-state index is 6.06. The molecule has 4 nitrogen and oxygen atoms in total. The van der Waals surface area contributed by atoms with Gasteiger partial charge in [-0.25, -0.2) is 4.98 Å². The molecule has 0 bridgehead atoms. The summed E-state index contributed by atoms with van der Waals surface area (Å²) in [4.78, 5) is 4.55. The molecule has 19 heavy (non-hydrogen) atoms. The fourth-order valence-electron chi connectivity index (χ4n) is 2.13. The van der Waals surface area contributed by atoms with E-state index in [-0.39, 0.29) is 0 Å². The quantitative estimate of drug-likeness (QED) is 0.788. The summed E-state index contributed by atoms with van der Waals surface area (Å²) in [5.74, 6) is 2.17. The summed E-state index contributed by atoms with van der Waals surface area (Å²) in [5.41, 5.74) is 7.90. The van der Waals surface area contributed by atoms with Crippen LogP contribution in [0, 0.1) is 0 Å². The van der Waals surface area contributed by atoms with Gasteiger partial charge in [0.15, 0.2) is 5.82 Å². The Bertz CT molecular complexity index is 752. The van der Waals surface area contributed by atoms with Gasteiger partial charge in [0.25, 0.3) is 0 Å². The van der Waals surface area contributed by atoms with Crippen molar-refractivity contribution in [2.24, 2.45) is 0 Å². The van der Waals surface area contributed by atoms with E-state index in [2.05, 4.69) is 20.9 Å². The predicted molar refractivity (Wildman–Crippen MR) is 79.3 cm³/mol. The Hall–Kier alpha value is -2.01. The third-order valence-corrected chi connectivity index (χ3v) is 3.58. The molecule has 0 saturated heterocycles. The second-order valence-electron chi connectivity index (χ2n) is 4.10. The number of imidazole rings is 1. The third-order valence-electron chi connectivity index (χ3n) is 3.00. The largest absolute Gasteiger partial charge is 0.496 e. The lowest BCUT2D eigenvalue weighted by atomic mass is 10.2. The number of nitrogen functional groups attached to an aromatic ring is 1. The summed E-state index contributed by atoms with van der Waals surface area (Å²) in [6, 6.07) is 13.5. The summed E-state index contributed by atoms with van der Waals surface area (Å²) in [6.45, 7) is 0. The van der Waals surface area contributed by atoms with Crippen LogP contribution in [0.15, 0.2) is 47.1 Å². The van der Waals surface area contributed by atoms with Crippen molar-refractivity contribution in [2.75, 3.05) is 12.8 Å². The Morgan fingerprint density at radius 1 is 1.16 bits per heavy atom. The number of hydrogen-bond acceptors (Lipinski definition) is 3. The molecular formula is C14H12BrN3O. The van der Waals surface area contributed by atoms with Gasteiger partial charge in [0, 0.05) is 0 Å². The first-order valence-corrected chi connectivity index (χ1v) is 6.57. The molecule has 0 spiro atoms. The number of methoxy groups -OCH3 is 1. The molecule has 5 heteroatoms. The van der Waals surface area contributed by atoms with Crippen molar-refractivity contribution in [1.82, 2.24) is 9.38 Å². The highest BCUT2D eigenvalue weighted by Gasteiger charge is 2.15. The first-order valence-electron chi connectivity index (χ1n) is 5.78. The predicted octanol–water partition coefficient (Wildman–Crippen LogP) is 3.35. The molecule has 0 fully saturated rings. The minimum Gasteiger partial charge on any atom is -0.496 e. The average molecular weight is 318 g/mol. The molecule has 0 radical (unpaired) electrons. The lowest BCUT2D eigenvalue weighted by Gasteiger charge is -2.08. The highest BCUT2D eigenvalue weighted by atomic mass is 79.9. The second kappa shape index (κ2) is 4.59. The molecule has 2 N–H and O–H groups in total. The number of halogens is 1. The Morgan fingerprint density at radius 2 is 1.95 bits per heavy atom. The molecule has 0 aliphatic carbocycles. The number of anilines is 1. The van der Waals surface area contributed by atoms with Crippen LogP contribution in [0.1, 0.15) is 0 Å². The summed E-state index contributed by atoms with van der Waals surface area (Å²) >= 11 is 3.47. The topological polar surface area (TPSA) is 52.5 Å². The van der Waals surface area contributed by atoms with Crippen LogP contribution in [0.4, 0.5) is 5.82 Å². The normalized spacial score (nSPS) is 10.8. The number of rotatable bonds is 2. The van der Waals surface area contributed by atoms with E-state index in [0.29, 0.717) is 5.82 Å². The molecule has 0 saturated carbocycles. The van der Waals surface area contributed by atoms with Gasteiger partial charge in [0.05, 0.1) is 18.2 Å². The molecule has 0 unspecified atom stereocenters. The molecule has 1 aromatic carbocycles. The van der Waals surface area contributed by atoms with E-state index < -0.39 is 0 Å². The van der Waals surface area contributed by atoms with Crippen LogP contribution in [0.2, 0.25) is 0 Å². The molecule has 0 amide bonds. The maximum atomic E-state index is 6.06. The number of benzene rings is 1. The van der Waals surface area contributed by atoms with E-state index in [4.69, 9.17) is 10.5 Å². The summed E-state index contributed by atoms with van der Waals surface area (Å²) in [5, 5.41) is 0. The van der Waals surface area contributed by atoms with Crippen LogP contribution in [-0.2, 0) is 0 Å². The zero-order chi connectivity index (χ0) is 13.4. The number of nitrogens with two attached hydrogens (primary N) is 1. The van der Waals surface area contributed by atoms with Crippen LogP contribution in [-0.4, -0.2) is 16.5 Å². The van der Waals surface area contributed by atoms with E-state index in [1.165, 1.54) is 0 Å². The molecule has 0 aliphatic rings. The molecule has 0 atom stereocenters. The third kappa shape index (κ3) is 1.86. The Balaban J connectivity index is 2.37. The van der Waals surface area contributed by atoms with Gasteiger partial charge < -0.3 is 10.5 Å². The summed E-state index contributed by atoms with van der Waals surface area (Å²) in [7, 11) is 1.65. The summed E-state index contributed by atoms with van der Waals surface area (Å²) in [6.07, 6.45) is 0. The number of hydrogen-bond donors (Lipinski definition) is 1. The van der Waals surface area contributed by atoms with E-state index in [9.17, 15) is 0 Å². The maximum Gasteiger partial charge on any atom is 0.151 e. The van der Waals surface area contributed by atoms with E-state index in [0.717, 1.165) is 27.3 Å². The molecule has 3 rings (SSSR count). The van der Waals surface area contributed by atoms with Gasteiger partial charge in [-0.3, -0.25) is 4.40 Å². The van der Waals surface area contributed by atoms with Crippen molar-refractivity contribution in [1.29, 1.82) is 0 Å². The second-order valence-corrected chi connectivity index (χ2v) is 4.85. The minimum absolute atomic E-state index is 0.636. The molecule has 96 valence electrons. The highest BCUT2D eigenvalue weighted by molar-refractivity contribution is 9.10.